The van der Waals surface area contributed by atoms with Crippen molar-refractivity contribution < 1.29 is 14.3 Å². The molecule has 2 aromatic rings. The Hall–Kier alpha value is -2.76. The first-order valence-electron chi connectivity index (χ1n) is 8.64. The molecule has 26 heavy (non-hydrogen) atoms. The van der Waals surface area contributed by atoms with Gasteiger partial charge in [0.15, 0.2) is 0 Å². The highest BCUT2D eigenvalue weighted by Gasteiger charge is 2.15. The standard InChI is InChI=1S/C20H27N3O3/c1-13-9-14(2)18(15(3)10-13)12-23-8-6-7-17(23)11-21-20(25)22-16(4)19(24)26-5/h6-10,16H,11-12H2,1-5H3,(H2,21,22,25)/t16-/m0/s1. The summed E-state index contributed by atoms with van der Waals surface area (Å²) in [6.07, 6.45) is 2.00. The lowest BCUT2D eigenvalue weighted by Gasteiger charge is -2.16. The second kappa shape index (κ2) is 8.56. The minimum absolute atomic E-state index is 0.372. The molecule has 0 saturated heterocycles. The maximum atomic E-state index is 11.9. The van der Waals surface area contributed by atoms with E-state index in [0.717, 1.165) is 12.2 Å². The van der Waals surface area contributed by atoms with Crippen LogP contribution in [0.4, 0.5) is 4.79 Å². The van der Waals surface area contributed by atoms with Gasteiger partial charge in [0.2, 0.25) is 0 Å². The Labute approximate surface area is 154 Å². The normalized spacial score (nSPS) is 11.7. The van der Waals surface area contributed by atoms with Crippen LogP contribution < -0.4 is 10.6 Å². The Bertz CT molecular complexity index is 772. The Kier molecular flexibility index (Phi) is 6.44. The predicted molar refractivity (Wildman–Crippen MR) is 101 cm³/mol. The van der Waals surface area contributed by atoms with Gasteiger partial charge >= 0.3 is 12.0 Å². The zero-order valence-corrected chi connectivity index (χ0v) is 16.1. The van der Waals surface area contributed by atoms with E-state index < -0.39 is 18.0 Å². The Balaban J connectivity index is 2.01. The zero-order valence-electron chi connectivity index (χ0n) is 16.1. The minimum Gasteiger partial charge on any atom is -0.467 e. The molecule has 1 aromatic carbocycles. The highest BCUT2D eigenvalue weighted by atomic mass is 16.5. The summed E-state index contributed by atoms with van der Waals surface area (Å²) in [5.41, 5.74) is 6.07. The lowest BCUT2D eigenvalue weighted by molar-refractivity contribution is -0.142. The van der Waals surface area contributed by atoms with Crippen molar-refractivity contribution in [3.05, 3.63) is 58.4 Å². The van der Waals surface area contributed by atoms with E-state index in [9.17, 15) is 9.59 Å². The summed E-state index contributed by atoms with van der Waals surface area (Å²) in [6, 6.07) is 7.22. The number of methoxy groups -OCH3 is 1. The van der Waals surface area contributed by atoms with Gasteiger partial charge in [0.1, 0.15) is 6.04 Å². The number of benzene rings is 1. The predicted octanol–water partition coefficient (Wildman–Crippen LogP) is 2.82. The summed E-state index contributed by atoms with van der Waals surface area (Å²) >= 11 is 0. The molecule has 0 aliphatic carbocycles. The van der Waals surface area contributed by atoms with Crippen molar-refractivity contribution >= 4 is 12.0 Å². The van der Waals surface area contributed by atoms with E-state index in [2.05, 4.69) is 52.8 Å². The molecule has 1 atom stereocenters. The molecule has 1 heterocycles. The molecule has 0 spiro atoms. The monoisotopic (exact) mass is 357 g/mol. The van der Waals surface area contributed by atoms with E-state index in [4.69, 9.17) is 0 Å². The summed E-state index contributed by atoms with van der Waals surface area (Å²) in [5, 5.41) is 5.33. The third kappa shape index (κ3) is 4.88. The Morgan fingerprint density at radius 1 is 1.19 bits per heavy atom. The highest BCUT2D eigenvalue weighted by molar-refractivity contribution is 5.83. The molecule has 140 valence electrons. The van der Waals surface area contributed by atoms with E-state index in [1.54, 1.807) is 6.92 Å². The Morgan fingerprint density at radius 2 is 1.85 bits per heavy atom. The van der Waals surface area contributed by atoms with E-state index in [1.165, 1.54) is 29.4 Å². The van der Waals surface area contributed by atoms with Crippen LogP contribution in [-0.4, -0.2) is 29.7 Å². The molecule has 6 heteroatoms. The number of aromatic nitrogens is 1. The largest absolute Gasteiger partial charge is 0.467 e. The van der Waals surface area contributed by atoms with Gasteiger partial charge in [-0.05, 0) is 56.5 Å². The van der Waals surface area contributed by atoms with E-state index in [-0.39, 0.29) is 0 Å². The van der Waals surface area contributed by atoms with Gasteiger partial charge in [-0.1, -0.05) is 17.7 Å². The third-order valence-electron chi connectivity index (χ3n) is 4.42. The molecule has 0 unspecified atom stereocenters. The van der Waals surface area contributed by atoms with Crippen LogP contribution in [0.3, 0.4) is 0 Å². The summed E-state index contributed by atoms with van der Waals surface area (Å²) in [6.45, 7) is 9.05. The fraction of sp³-hybridized carbons (Fsp3) is 0.400. The number of nitrogens with one attached hydrogen (secondary N) is 2. The topological polar surface area (TPSA) is 72.4 Å². The number of nitrogens with zero attached hydrogens (tertiary/aromatic N) is 1. The van der Waals surface area contributed by atoms with Crippen LogP contribution in [0.15, 0.2) is 30.5 Å². The van der Waals surface area contributed by atoms with Crippen molar-refractivity contribution in [2.45, 2.75) is 46.8 Å². The van der Waals surface area contributed by atoms with Crippen molar-refractivity contribution in [3.63, 3.8) is 0 Å². The van der Waals surface area contributed by atoms with Crippen LogP contribution in [0.5, 0.6) is 0 Å². The zero-order chi connectivity index (χ0) is 19.3. The maximum Gasteiger partial charge on any atom is 0.328 e. The number of esters is 1. The second-order valence-electron chi connectivity index (χ2n) is 6.58. The molecule has 2 amide bonds. The highest BCUT2D eigenvalue weighted by Crippen LogP contribution is 2.18. The number of rotatable bonds is 6. The van der Waals surface area contributed by atoms with Crippen molar-refractivity contribution in [1.82, 2.24) is 15.2 Å². The number of ether oxygens (including phenoxy) is 1. The van der Waals surface area contributed by atoms with Crippen molar-refractivity contribution in [2.75, 3.05) is 7.11 Å². The summed E-state index contributed by atoms with van der Waals surface area (Å²) in [7, 11) is 1.29. The molecule has 0 fully saturated rings. The van der Waals surface area contributed by atoms with Gasteiger partial charge in [-0.2, -0.15) is 0 Å². The van der Waals surface area contributed by atoms with Gasteiger partial charge in [0, 0.05) is 18.4 Å². The maximum absolute atomic E-state index is 11.9. The van der Waals surface area contributed by atoms with Crippen LogP contribution in [0.25, 0.3) is 0 Å². The summed E-state index contributed by atoms with van der Waals surface area (Å²) in [4.78, 5) is 23.3. The van der Waals surface area contributed by atoms with Gasteiger partial charge < -0.3 is 19.9 Å². The number of amides is 2. The molecular formula is C20H27N3O3. The quantitative estimate of drug-likeness (QED) is 0.781. The average Bonchev–Trinajstić information content (AvgIpc) is 3.02. The van der Waals surface area contributed by atoms with Gasteiger partial charge in [-0.25, -0.2) is 9.59 Å². The number of carbonyl (C=O) groups is 2. The number of urea groups is 1. The summed E-state index contributed by atoms with van der Waals surface area (Å²) < 4.78 is 6.71. The SMILES string of the molecule is COC(=O)[C@H](C)NC(=O)NCc1cccn1Cc1c(C)cc(C)cc1C. The molecule has 6 nitrogen and oxygen atoms in total. The smallest absolute Gasteiger partial charge is 0.328 e. The summed E-state index contributed by atoms with van der Waals surface area (Å²) in [5.74, 6) is -0.478. The average molecular weight is 357 g/mol. The minimum atomic E-state index is -0.690. The number of hydrogen-bond acceptors (Lipinski definition) is 3. The fourth-order valence-electron chi connectivity index (χ4n) is 3.05. The van der Waals surface area contributed by atoms with Crippen LogP contribution >= 0.6 is 0 Å². The first-order valence-corrected chi connectivity index (χ1v) is 8.64. The lowest BCUT2D eigenvalue weighted by atomic mass is 10.00. The first kappa shape index (κ1) is 19.6. The van der Waals surface area contributed by atoms with Gasteiger partial charge in [-0.3, -0.25) is 0 Å². The molecule has 1 aromatic heterocycles. The number of carbonyl (C=O) groups excluding carboxylic acids is 2. The van der Waals surface area contributed by atoms with Crippen LogP contribution in [0.1, 0.15) is 34.9 Å². The van der Waals surface area contributed by atoms with E-state index in [0.29, 0.717) is 6.54 Å². The third-order valence-corrected chi connectivity index (χ3v) is 4.42. The van der Waals surface area contributed by atoms with Crippen LogP contribution in [0, 0.1) is 20.8 Å². The fourth-order valence-corrected chi connectivity index (χ4v) is 3.05. The van der Waals surface area contributed by atoms with Crippen molar-refractivity contribution in [1.29, 1.82) is 0 Å². The molecule has 0 bridgehead atoms. The van der Waals surface area contributed by atoms with E-state index in [1.807, 2.05) is 18.3 Å². The van der Waals surface area contributed by atoms with E-state index >= 15 is 0 Å². The molecular weight excluding hydrogens is 330 g/mol. The van der Waals surface area contributed by atoms with Gasteiger partial charge in [0.25, 0.3) is 0 Å². The second-order valence-corrected chi connectivity index (χ2v) is 6.58. The molecule has 0 aliphatic rings. The molecule has 0 aliphatic heterocycles. The van der Waals surface area contributed by atoms with Gasteiger partial charge in [-0.15, -0.1) is 0 Å². The molecule has 2 rings (SSSR count). The number of aryl methyl sites for hydroxylation is 3. The Morgan fingerprint density at radius 3 is 2.46 bits per heavy atom. The number of hydrogen-bond donors (Lipinski definition) is 2. The van der Waals surface area contributed by atoms with Crippen molar-refractivity contribution in [2.24, 2.45) is 0 Å². The molecule has 2 N–H and O–H groups in total. The van der Waals surface area contributed by atoms with Gasteiger partial charge in [0.05, 0.1) is 13.7 Å². The lowest BCUT2D eigenvalue weighted by Crippen LogP contribution is -2.44. The molecule has 0 radical (unpaired) electrons. The molecule has 0 saturated carbocycles. The van der Waals surface area contributed by atoms with Crippen molar-refractivity contribution in [3.8, 4) is 0 Å². The van der Waals surface area contributed by atoms with Crippen LogP contribution in [-0.2, 0) is 22.6 Å². The first-order chi connectivity index (χ1) is 12.3. The van der Waals surface area contributed by atoms with Crippen LogP contribution in [0.2, 0.25) is 0 Å².